The van der Waals surface area contributed by atoms with Crippen LogP contribution in [0, 0.1) is 0 Å². The van der Waals surface area contributed by atoms with Crippen molar-refractivity contribution in [3.8, 4) is 0 Å². The predicted molar refractivity (Wildman–Crippen MR) is 89.9 cm³/mol. The Hall–Kier alpha value is -2.17. The molecule has 0 aromatic heterocycles. The summed E-state index contributed by atoms with van der Waals surface area (Å²) >= 11 is 0. The van der Waals surface area contributed by atoms with Gasteiger partial charge in [-0.3, -0.25) is 19.7 Å². The van der Waals surface area contributed by atoms with E-state index >= 15 is 0 Å². The lowest BCUT2D eigenvalue weighted by molar-refractivity contribution is -0.134. The van der Waals surface area contributed by atoms with E-state index in [2.05, 4.69) is 28.4 Å². The third kappa shape index (κ3) is 2.62. The number of hydrogen-bond donors (Lipinski definition) is 1. The summed E-state index contributed by atoms with van der Waals surface area (Å²) in [5.41, 5.74) is 3.83. The first-order valence-electron chi connectivity index (χ1n) is 8.87. The number of anilines is 1. The maximum Gasteiger partial charge on any atom is 0.249 e. The number of rotatable bonds is 2. The number of Topliss-reactive ketones (excluding diaryl/α,β-unsaturated/α-hetero) is 1. The van der Waals surface area contributed by atoms with E-state index in [4.69, 9.17) is 0 Å². The van der Waals surface area contributed by atoms with E-state index in [0.29, 0.717) is 37.4 Å². The molecule has 1 N–H and O–H groups in total. The molecule has 0 unspecified atom stereocenters. The van der Waals surface area contributed by atoms with Crippen molar-refractivity contribution in [1.82, 2.24) is 5.32 Å². The summed E-state index contributed by atoms with van der Waals surface area (Å²) in [4.78, 5) is 37.3. The lowest BCUT2D eigenvalue weighted by Crippen LogP contribution is -2.52. The molecular formula is C19H22N2O3. The van der Waals surface area contributed by atoms with Gasteiger partial charge in [0, 0.05) is 31.5 Å². The zero-order valence-corrected chi connectivity index (χ0v) is 13.7. The zero-order chi connectivity index (χ0) is 16.7. The van der Waals surface area contributed by atoms with Crippen molar-refractivity contribution in [2.45, 2.75) is 56.9 Å². The van der Waals surface area contributed by atoms with Crippen LogP contribution < -0.4 is 10.2 Å². The Morgan fingerprint density at radius 1 is 0.958 bits per heavy atom. The second-order valence-electron chi connectivity index (χ2n) is 7.07. The van der Waals surface area contributed by atoms with Crippen molar-refractivity contribution in [3.05, 3.63) is 29.3 Å². The Morgan fingerprint density at radius 3 is 2.50 bits per heavy atom. The number of amides is 2. The molecule has 2 aliphatic heterocycles. The summed E-state index contributed by atoms with van der Waals surface area (Å²) in [5.74, 6) is 0.493. The molecule has 24 heavy (non-hydrogen) atoms. The fraction of sp³-hybridized carbons (Fsp3) is 0.526. The first-order valence-corrected chi connectivity index (χ1v) is 8.87. The fourth-order valence-corrected chi connectivity index (χ4v) is 4.42. The van der Waals surface area contributed by atoms with Crippen molar-refractivity contribution >= 4 is 23.3 Å². The molecule has 1 saturated carbocycles. The first kappa shape index (κ1) is 15.4. The smallest absolute Gasteiger partial charge is 0.249 e. The average molecular weight is 326 g/mol. The molecule has 2 fully saturated rings. The molecule has 0 bridgehead atoms. The topological polar surface area (TPSA) is 66.5 Å². The second-order valence-corrected chi connectivity index (χ2v) is 7.07. The third-order valence-corrected chi connectivity index (χ3v) is 5.67. The minimum Gasteiger partial charge on any atom is -0.359 e. The first-order chi connectivity index (χ1) is 11.6. The van der Waals surface area contributed by atoms with Gasteiger partial charge in [0.05, 0.1) is 0 Å². The molecule has 1 aromatic rings. The Kier molecular flexibility index (Phi) is 3.87. The third-order valence-electron chi connectivity index (χ3n) is 5.67. The maximum atomic E-state index is 12.2. The maximum absolute atomic E-state index is 12.2. The number of nitrogens with zero attached hydrogens (tertiary/aromatic N) is 1. The zero-order valence-electron chi connectivity index (χ0n) is 13.7. The molecule has 2 heterocycles. The molecule has 1 aromatic carbocycles. The van der Waals surface area contributed by atoms with Gasteiger partial charge in [-0.2, -0.15) is 0 Å². The lowest BCUT2D eigenvalue weighted by Gasteiger charge is -2.32. The van der Waals surface area contributed by atoms with Gasteiger partial charge in [-0.25, -0.2) is 0 Å². The van der Waals surface area contributed by atoms with E-state index in [1.54, 1.807) is 0 Å². The Balaban J connectivity index is 1.60. The highest BCUT2D eigenvalue weighted by Gasteiger charge is 2.36. The van der Waals surface area contributed by atoms with Crippen LogP contribution in [0.5, 0.6) is 0 Å². The Morgan fingerprint density at radius 2 is 1.75 bits per heavy atom. The molecule has 5 nitrogen and oxygen atoms in total. The van der Waals surface area contributed by atoms with Gasteiger partial charge in [0.15, 0.2) is 0 Å². The molecule has 1 atom stereocenters. The molecule has 1 saturated heterocycles. The summed E-state index contributed by atoms with van der Waals surface area (Å²) in [7, 11) is 0. The van der Waals surface area contributed by atoms with E-state index in [0.717, 1.165) is 31.5 Å². The van der Waals surface area contributed by atoms with Crippen LogP contribution in [0.2, 0.25) is 0 Å². The molecule has 0 radical (unpaired) electrons. The van der Waals surface area contributed by atoms with Crippen molar-refractivity contribution < 1.29 is 14.4 Å². The molecule has 3 aliphatic rings. The van der Waals surface area contributed by atoms with Gasteiger partial charge in [-0.15, -0.1) is 0 Å². The van der Waals surface area contributed by atoms with Gasteiger partial charge in [0.25, 0.3) is 0 Å². The molecular weight excluding hydrogens is 304 g/mol. The second kappa shape index (κ2) is 6.04. The molecule has 5 heteroatoms. The van der Waals surface area contributed by atoms with E-state index in [1.807, 2.05) is 0 Å². The average Bonchev–Trinajstić information content (AvgIpc) is 3.00. The fourth-order valence-electron chi connectivity index (χ4n) is 4.42. The quantitative estimate of drug-likeness (QED) is 0.845. The van der Waals surface area contributed by atoms with Gasteiger partial charge < -0.3 is 4.90 Å². The van der Waals surface area contributed by atoms with Crippen molar-refractivity contribution in [3.63, 3.8) is 0 Å². The van der Waals surface area contributed by atoms with Gasteiger partial charge in [0.2, 0.25) is 11.8 Å². The van der Waals surface area contributed by atoms with Gasteiger partial charge in [-0.1, -0.05) is 12.1 Å². The van der Waals surface area contributed by atoms with Crippen molar-refractivity contribution in [1.29, 1.82) is 0 Å². The number of piperidine rings is 1. The number of hydrogen-bond acceptors (Lipinski definition) is 4. The van der Waals surface area contributed by atoms with Crippen LogP contribution in [0.4, 0.5) is 5.69 Å². The van der Waals surface area contributed by atoms with E-state index in [-0.39, 0.29) is 17.9 Å². The largest absolute Gasteiger partial charge is 0.359 e. The summed E-state index contributed by atoms with van der Waals surface area (Å²) in [6.45, 7) is 0.824. The normalized spacial score (nSPS) is 24.9. The number of fused-ring (bicyclic) bond motifs is 1. The summed E-state index contributed by atoms with van der Waals surface area (Å²) in [5, 5.41) is 2.46. The number of carbonyl (C=O) groups is 3. The van der Waals surface area contributed by atoms with Crippen LogP contribution in [0.15, 0.2) is 18.2 Å². The molecule has 126 valence electrons. The SMILES string of the molecule is O=C1CCC(c2cccc3c2CCN3[C@H]2CCC(=O)NC2=O)CC1. The van der Waals surface area contributed by atoms with E-state index in [9.17, 15) is 14.4 Å². The van der Waals surface area contributed by atoms with Crippen molar-refractivity contribution in [2.75, 3.05) is 11.4 Å². The highest BCUT2D eigenvalue weighted by atomic mass is 16.2. The monoisotopic (exact) mass is 326 g/mol. The molecule has 4 rings (SSSR count). The van der Waals surface area contributed by atoms with Crippen LogP contribution in [0.1, 0.15) is 55.6 Å². The van der Waals surface area contributed by atoms with Gasteiger partial charge >= 0.3 is 0 Å². The number of nitrogens with one attached hydrogen (secondary N) is 1. The van der Waals surface area contributed by atoms with Gasteiger partial charge in [0.1, 0.15) is 11.8 Å². The van der Waals surface area contributed by atoms with Gasteiger partial charge in [-0.05, 0) is 48.8 Å². The molecule has 1 aliphatic carbocycles. The number of carbonyl (C=O) groups excluding carboxylic acids is 3. The predicted octanol–water partition coefficient (Wildman–Crippen LogP) is 2.08. The van der Waals surface area contributed by atoms with Crippen LogP contribution in [-0.4, -0.2) is 30.2 Å². The standard InChI is InChI=1S/C19H22N2O3/c22-13-6-4-12(5-7-13)14-2-1-3-16-15(14)10-11-21(16)17-8-9-18(23)20-19(17)24/h1-3,12,17H,4-11H2,(H,20,23,24)/t17-/m0/s1. The van der Waals surface area contributed by atoms with Crippen molar-refractivity contribution in [2.24, 2.45) is 0 Å². The highest BCUT2D eigenvalue weighted by molar-refractivity contribution is 6.02. The molecule has 0 spiro atoms. The minimum absolute atomic E-state index is 0.170. The Labute approximate surface area is 141 Å². The van der Waals surface area contributed by atoms with Crippen LogP contribution in [-0.2, 0) is 20.8 Å². The molecule has 2 amide bonds. The summed E-state index contributed by atoms with van der Waals surface area (Å²) < 4.78 is 0. The minimum atomic E-state index is -0.243. The van der Waals surface area contributed by atoms with Crippen LogP contribution >= 0.6 is 0 Å². The van der Waals surface area contributed by atoms with E-state index < -0.39 is 0 Å². The Bertz CT molecular complexity index is 703. The van der Waals surface area contributed by atoms with Crippen LogP contribution in [0.3, 0.4) is 0 Å². The number of imide groups is 1. The summed E-state index contributed by atoms with van der Waals surface area (Å²) in [6, 6.07) is 6.10. The number of benzene rings is 1. The number of ketones is 1. The van der Waals surface area contributed by atoms with Crippen LogP contribution in [0.25, 0.3) is 0 Å². The van der Waals surface area contributed by atoms with E-state index in [1.165, 1.54) is 11.1 Å². The lowest BCUT2D eigenvalue weighted by atomic mass is 9.81. The summed E-state index contributed by atoms with van der Waals surface area (Å²) in [6.07, 6.45) is 5.18. The highest BCUT2D eigenvalue weighted by Crippen LogP contribution is 2.40.